The third-order valence-electron chi connectivity index (χ3n) is 2.82. The van der Waals surface area contributed by atoms with Crippen molar-refractivity contribution in [3.63, 3.8) is 0 Å². The van der Waals surface area contributed by atoms with E-state index in [1.807, 2.05) is 26.0 Å². The Balaban J connectivity index is 2.27. The highest BCUT2D eigenvalue weighted by molar-refractivity contribution is 6.04. The minimum Gasteiger partial charge on any atom is -0.496 e. The molecule has 1 aromatic carbocycles. The number of hydrogen-bond acceptors (Lipinski definition) is 3. The Labute approximate surface area is 105 Å². The highest BCUT2D eigenvalue weighted by Crippen LogP contribution is 2.29. The van der Waals surface area contributed by atoms with Gasteiger partial charge in [-0.05, 0) is 25.5 Å². The lowest BCUT2D eigenvalue weighted by molar-refractivity contribution is 0.102. The summed E-state index contributed by atoms with van der Waals surface area (Å²) in [5.74, 6) is 0.595. The van der Waals surface area contributed by atoms with Crippen LogP contribution in [0.5, 0.6) is 5.75 Å². The summed E-state index contributed by atoms with van der Waals surface area (Å²) < 4.78 is 5.32. The number of benzene rings is 1. The van der Waals surface area contributed by atoms with E-state index in [0.29, 0.717) is 5.56 Å². The minimum absolute atomic E-state index is 0.197. The number of rotatable bonds is 3. The first-order valence-corrected chi connectivity index (χ1v) is 5.58. The maximum absolute atomic E-state index is 11.9. The second kappa shape index (κ2) is 4.91. The number of carbonyl (C=O) groups excluding carboxylic acids is 1. The Kier molecular flexibility index (Phi) is 3.32. The number of amides is 1. The van der Waals surface area contributed by atoms with Crippen LogP contribution in [0.2, 0.25) is 0 Å². The van der Waals surface area contributed by atoms with Crippen LogP contribution in [0, 0.1) is 13.8 Å². The standard InChI is InChI=1S/C13H15N3O2/c1-8-4-5-11(9(2)12(8)18-3)16-13(17)10-6-14-15-7-10/h4-7H,1-3H3,(H,14,15)(H,16,17). The summed E-state index contributed by atoms with van der Waals surface area (Å²) in [7, 11) is 1.62. The first kappa shape index (κ1) is 12.2. The SMILES string of the molecule is COc1c(C)ccc(NC(=O)c2cn[nH]c2)c1C. The quantitative estimate of drug-likeness (QED) is 0.871. The molecule has 0 radical (unpaired) electrons. The topological polar surface area (TPSA) is 67.0 Å². The molecule has 94 valence electrons. The van der Waals surface area contributed by atoms with Gasteiger partial charge in [0.1, 0.15) is 5.75 Å². The smallest absolute Gasteiger partial charge is 0.258 e. The molecule has 0 fully saturated rings. The highest BCUT2D eigenvalue weighted by atomic mass is 16.5. The van der Waals surface area contributed by atoms with Crippen LogP contribution in [0.3, 0.4) is 0 Å². The normalized spacial score (nSPS) is 10.2. The number of ether oxygens (including phenoxy) is 1. The molecule has 0 saturated carbocycles. The zero-order valence-corrected chi connectivity index (χ0v) is 10.6. The molecule has 0 atom stereocenters. The van der Waals surface area contributed by atoms with Crippen molar-refractivity contribution in [2.75, 3.05) is 12.4 Å². The van der Waals surface area contributed by atoms with E-state index in [1.165, 1.54) is 6.20 Å². The second-order valence-corrected chi connectivity index (χ2v) is 4.03. The van der Waals surface area contributed by atoms with Crippen LogP contribution in [0.4, 0.5) is 5.69 Å². The molecule has 0 aliphatic heterocycles. The fraction of sp³-hybridized carbons (Fsp3) is 0.231. The fourth-order valence-corrected chi connectivity index (χ4v) is 1.85. The number of hydrogen-bond donors (Lipinski definition) is 2. The number of methoxy groups -OCH3 is 1. The maximum atomic E-state index is 11.9. The van der Waals surface area contributed by atoms with Gasteiger partial charge in [0, 0.05) is 17.4 Å². The molecule has 5 heteroatoms. The number of anilines is 1. The summed E-state index contributed by atoms with van der Waals surface area (Å²) in [6.45, 7) is 3.88. The zero-order valence-electron chi connectivity index (χ0n) is 10.6. The number of nitrogens with one attached hydrogen (secondary N) is 2. The van der Waals surface area contributed by atoms with Gasteiger partial charge >= 0.3 is 0 Å². The molecular weight excluding hydrogens is 230 g/mol. The zero-order chi connectivity index (χ0) is 13.1. The molecule has 0 spiro atoms. The van der Waals surface area contributed by atoms with Crippen LogP contribution in [-0.2, 0) is 0 Å². The molecule has 0 unspecified atom stereocenters. The molecule has 18 heavy (non-hydrogen) atoms. The number of aryl methyl sites for hydroxylation is 1. The molecule has 0 saturated heterocycles. The number of carbonyl (C=O) groups is 1. The Hall–Kier alpha value is -2.30. The van der Waals surface area contributed by atoms with Gasteiger partial charge in [-0.1, -0.05) is 6.07 Å². The summed E-state index contributed by atoms with van der Waals surface area (Å²) in [6.07, 6.45) is 3.03. The van der Waals surface area contributed by atoms with E-state index in [0.717, 1.165) is 22.6 Å². The molecule has 2 rings (SSSR count). The van der Waals surface area contributed by atoms with E-state index in [2.05, 4.69) is 15.5 Å². The molecule has 0 aliphatic carbocycles. The molecule has 2 aromatic rings. The molecule has 0 bridgehead atoms. The van der Waals surface area contributed by atoms with Crippen molar-refractivity contribution >= 4 is 11.6 Å². The fourth-order valence-electron chi connectivity index (χ4n) is 1.85. The van der Waals surface area contributed by atoms with E-state index in [4.69, 9.17) is 4.74 Å². The first-order valence-electron chi connectivity index (χ1n) is 5.58. The van der Waals surface area contributed by atoms with Gasteiger partial charge in [-0.15, -0.1) is 0 Å². The highest BCUT2D eigenvalue weighted by Gasteiger charge is 2.12. The van der Waals surface area contributed by atoms with E-state index < -0.39 is 0 Å². The van der Waals surface area contributed by atoms with Gasteiger partial charge < -0.3 is 10.1 Å². The van der Waals surface area contributed by atoms with E-state index in [9.17, 15) is 4.79 Å². The average Bonchev–Trinajstić information content (AvgIpc) is 2.87. The van der Waals surface area contributed by atoms with Gasteiger partial charge in [0.2, 0.25) is 0 Å². The number of H-pyrrole nitrogens is 1. The van der Waals surface area contributed by atoms with Crippen molar-refractivity contribution in [2.24, 2.45) is 0 Å². The molecule has 1 heterocycles. The third-order valence-corrected chi connectivity index (χ3v) is 2.82. The third kappa shape index (κ3) is 2.20. The van der Waals surface area contributed by atoms with Crippen molar-refractivity contribution in [3.05, 3.63) is 41.2 Å². The van der Waals surface area contributed by atoms with Crippen LogP contribution >= 0.6 is 0 Å². The summed E-state index contributed by atoms with van der Waals surface area (Å²) >= 11 is 0. The number of aromatic amines is 1. The molecule has 2 N–H and O–H groups in total. The predicted octanol–water partition coefficient (Wildman–Crippen LogP) is 2.29. The lowest BCUT2D eigenvalue weighted by Gasteiger charge is -2.13. The van der Waals surface area contributed by atoms with Crippen molar-refractivity contribution in [1.29, 1.82) is 0 Å². The summed E-state index contributed by atoms with van der Waals surface area (Å²) in [5, 5.41) is 9.19. The van der Waals surface area contributed by atoms with Crippen LogP contribution in [0.1, 0.15) is 21.5 Å². The summed E-state index contributed by atoms with van der Waals surface area (Å²) in [6, 6.07) is 3.78. The number of aromatic nitrogens is 2. The Morgan fingerprint density at radius 3 is 2.78 bits per heavy atom. The van der Waals surface area contributed by atoms with Gasteiger partial charge in [-0.2, -0.15) is 5.10 Å². The predicted molar refractivity (Wildman–Crippen MR) is 69.0 cm³/mol. The van der Waals surface area contributed by atoms with Crippen molar-refractivity contribution < 1.29 is 9.53 Å². The maximum Gasteiger partial charge on any atom is 0.258 e. The number of nitrogens with zero attached hydrogens (tertiary/aromatic N) is 1. The van der Waals surface area contributed by atoms with E-state index >= 15 is 0 Å². The lowest BCUT2D eigenvalue weighted by atomic mass is 10.1. The molecule has 1 amide bonds. The molecular formula is C13H15N3O2. The van der Waals surface area contributed by atoms with Crippen LogP contribution in [0.25, 0.3) is 0 Å². The van der Waals surface area contributed by atoms with E-state index in [1.54, 1.807) is 13.3 Å². The summed E-state index contributed by atoms with van der Waals surface area (Å²) in [4.78, 5) is 11.9. The van der Waals surface area contributed by atoms with Gasteiger partial charge in [0.15, 0.2) is 0 Å². The van der Waals surface area contributed by atoms with Gasteiger partial charge in [-0.25, -0.2) is 0 Å². The Bertz CT molecular complexity index is 562. The molecule has 0 aliphatic rings. The van der Waals surface area contributed by atoms with Crippen molar-refractivity contribution in [1.82, 2.24) is 10.2 Å². The Morgan fingerprint density at radius 2 is 2.17 bits per heavy atom. The molecule has 5 nitrogen and oxygen atoms in total. The Morgan fingerprint density at radius 1 is 1.39 bits per heavy atom. The van der Waals surface area contributed by atoms with Crippen LogP contribution < -0.4 is 10.1 Å². The second-order valence-electron chi connectivity index (χ2n) is 4.03. The largest absolute Gasteiger partial charge is 0.496 e. The van der Waals surface area contributed by atoms with Gasteiger partial charge in [0.25, 0.3) is 5.91 Å². The minimum atomic E-state index is -0.197. The van der Waals surface area contributed by atoms with Crippen molar-refractivity contribution in [3.8, 4) is 5.75 Å². The summed E-state index contributed by atoms with van der Waals surface area (Å²) in [5.41, 5.74) is 3.18. The molecule has 1 aromatic heterocycles. The first-order chi connectivity index (χ1) is 8.63. The van der Waals surface area contributed by atoms with Gasteiger partial charge in [0.05, 0.1) is 18.9 Å². The monoisotopic (exact) mass is 245 g/mol. The van der Waals surface area contributed by atoms with Crippen LogP contribution in [-0.4, -0.2) is 23.2 Å². The average molecular weight is 245 g/mol. The van der Waals surface area contributed by atoms with Crippen LogP contribution in [0.15, 0.2) is 24.5 Å². The van der Waals surface area contributed by atoms with Crippen molar-refractivity contribution in [2.45, 2.75) is 13.8 Å². The lowest BCUT2D eigenvalue weighted by Crippen LogP contribution is -2.12. The van der Waals surface area contributed by atoms with E-state index in [-0.39, 0.29) is 5.91 Å². The van der Waals surface area contributed by atoms with Gasteiger partial charge in [-0.3, -0.25) is 9.89 Å².